The van der Waals surface area contributed by atoms with Gasteiger partial charge in [0.2, 0.25) is 10.0 Å². The van der Waals surface area contributed by atoms with Gasteiger partial charge in [0.15, 0.2) is 5.84 Å². The average molecular weight is 497 g/mol. The standard InChI is InChI=1S/C21H29N4O6PS/c1-12(2)9-10-25-14(4)13(3)19(26)18(21(25)27)20-22-16-8-7-15(24-33(6,29)30)11-17(16)32(28,23-20)31-5/h7-8,11-12,24,26H,9-10H2,1-6H3,(H,22,23,28). The minimum atomic E-state index is -3.88. The third-order valence-corrected chi connectivity index (χ3v) is 8.05. The van der Waals surface area contributed by atoms with Crippen LogP contribution >= 0.6 is 7.52 Å². The third-order valence-electron chi connectivity index (χ3n) is 5.50. The van der Waals surface area contributed by atoms with Crippen molar-refractivity contribution in [1.29, 1.82) is 0 Å². The molecule has 0 bridgehead atoms. The second kappa shape index (κ2) is 8.96. The van der Waals surface area contributed by atoms with Crippen LogP contribution < -0.4 is 20.9 Å². The highest BCUT2D eigenvalue weighted by Crippen LogP contribution is 2.51. The van der Waals surface area contributed by atoms with Gasteiger partial charge < -0.3 is 19.5 Å². The summed E-state index contributed by atoms with van der Waals surface area (Å²) >= 11 is 0. The highest BCUT2D eigenvalue weighted by molar-refractivity contribution is 7.92. The van der Waals surface area contributed by atoms with Crippen LogP contribution in [0.1, 0.15) is 37.1 Å². The first-order chi connectivity index (χ1) is 15.3. The van der Waals surface area contributed by atoms with E-state index in [-0.39, 0.29) is 28.1 Å². The van der Waals surface area contributed by atoms with Crippen molar-refractivity contribution in [3.8, 4) is 5.75 Å². The number of fused-ring (bicyclic) bond motifs is 1. The van der Waals surface area contributed by atoms with Crippen molar-refractivity contribution in [3.63, 3.8) is 0 Å². The van der Waals surface area contributed by atoms with Crippen LogP contribution in [-0.4, -0.2) is 37.3 Å². The minimum Gasteiger partial charge on any atom is -0.507 e. The van der Waals surface area contributed by atoms with E-state index in [1.807, 2.05) is 0 Å². The molecule has 33 heavy (non-hydrogen) atoms. The van der Waals surface area contributed by atoms with Crippen LogP contribution in [0.5, 0.6) is 5.75 Å². The van der Waals surface area contributed by atoms with Crippen molar-refractivity contribution in [1.82, 2.24) is 4.57 Å². The molecule has 3 N–H and O–H groups in total. The molecule has 12 heteroatoms. The van der Waals surface area contributed by atoms with Gasteiger partial charge >= 0.3 is 7.52 Å². The van der Waals surface area contributed by atoms with Gasteiger partial charge in [-0.15, -0.1) is 0 Å². The molecule has 10 nitrogen and oxygen atoms in total. The summed E-state index contributed by atoms with van der Waals surface area (Å²) in [5.74, 6) is 0.0562. The zero-order chi connectivity index (χ0) is 24.7. The summed E-state index contributed by atoms with van der Waals surface area (Å²) in [4.78, 5) is 13.4. The van der Waals surface area contributed by atoms with Gasteiger partial charge in [-0.05, 0) is 44.4 Å². The molecule has 0 saturated heterocycles. The number of aromatic nitrogens is 1. The van der Waals surface area contributed by atoms with Gasteiger partial charge in [-0.3, -0.25) is 14.1 Å². The van der Waals surface area contributed by atoms with E-state index in [1.165, 1.54) is 25.3 Å². The number of nitrogens with zero attached hydrogens (tertiary/aromatic N) is 2. The maximum absolute atomic E-state index is 13.6. The number of rotatable bonds is 7. The van der Waals surface area contributed by atoms with Crippen LogP contribution in [0, 0.1) is 19.8 Å². The Kier molecular flexibility index (Phi) is 6.79. The number of aromatic hydroxyl groups is 1. The van der Waals surface area contributed by atoms with Crippen LogP contribution in [0.3, 0.4) is 0 Å². The molecule has 2 heterocycles. The van der Waals surface area contributed by atoms with Gasteiger partial charge in [-0.25, -0.2) is 8.42 Å². The second-order valence-corrected chi connectivity index (χ2v) is 12.3. The minimum absolute atomic E-state index is 0.0691. The fourth-order valence-corrected chi connectivity index (χ4v) is 5.65. The summed E-state index contributed by atoms with van der Waals surface area (Å²) < 4.78 is 50.1. The van der Waals surface area contributed by atoms with E-state index < -0.39 is 23.1 Å². The fourth-order valence-electron chi connectivity index (χ4n) is 3.56. The van der Waals surface area contributed by atoms with E-state index in [1.54, 1.807) is 18.4 Å². The van der Waals surface area contributed by atoms with Gasteiger partial charge in [0.1, 0.15) is 11.3 Å². The maximum Gasteiger partial charge on any atom is 0.348 e. The van der Waals surface area contributed by atoms with Crippen molar-refractivity contribution in [2.24, 2.45) is 10.7 Å². The number of nitrogens with one attached hydrogen (secondary N) is 2. The number of hydrogen-bond acceptors (Lipinski definition) is 7. The quantitative estimate of drug-likeness (QED) is 0.501. The molecular weight excluding hydrogens is 467 g/mol. The highest BCUT2D eigenvalue weighted by atomic mass is 32.2. The van der Waals surface area contributed by atoms with Crippen LogP contribution in [0.4, 0.5) is 11.4 Å². The number of anilines is 2. The maximum atomic E-state index is 13.6. The molecule has 0 radical (unpaired) electrons. The lowest BCUT2D eigenvalue weighted by Crippen LogP contribution is -2.35. The van der Waals surface area contributed by atoms with Gasteiger partial charge in [0.05, 0.1) is 17.2 Å². The predicted octanol–water partition coefficient (Wildman–Crippen LogP) is 2.93. The van der Waals surface area contributed by atoms with Gasteiger partial charge in [-0.1, -0.05) is 13.8 Å². The molecule has 1 atom stereocenters. The number of pyridine rings is 1. The largest absolute Gasteiger partial charge is 0.507 e. The predicted molar refractivity (Wildman–Crippen MR) is 131 cm³/mol. The Labute approximate surface area is 193 Å². The van der Waals surface area contributed by atoms with Crippen molar-refractivity contribution < 1.29 is 22.6 Å². The van der Waals surface area contributed by atoms with Crippen LogP contribution in [0.15, 0.2) is 27.8 Å². The number of benzene rings is 1. The Morgan fingerprint density at radius 1 is 1.30 bits per heavy atom. The zero-order valence-electron chi connectivity index (χ0n) is 19.5. The zero-order valence-corrected chi connectivity index (χ0v) is 21.2. The summed E-state index contributed by atoms with van der Waals surface area (Å²) in [5, 5.41) is 13.9. The van der Waals surface area contributed by atoms with Gasteiger partial charge in [0.25, 0.3) is 5.56 Å². The Morgan fingerprint density at radius 2 is 1.97 bits per heavy atom. The normalized spacial score (nSPS) is 18.0. The fraction of sp³-hybridized carbons (Fsp3) is 0.429. The molecule has 0 spiro atoms. The third kappa shape index (κ3) is 5.00. The Balaban J connectivity index is 2.18. The Morgan fingerprint density at radius 3 is 2.55 bits per heavy atom. The van der Waals surface area contributed by atoms with E-state index >= 15 is 0 Å². The van der Waals surface area contributed by atoms with Crippen molar-refractivity contribution in [3.05, 3.63) is 45.4 Å². The molecule has 1 aromatic heterocycles. The van der Waals surface area contributed by atoms with Crippen LogP contribution in [-0.2, 0) is 25.7 Å². The lowest BCUT2D eigenvalue weighted by molar-refractivity contribution is 0.404. The monoisotopic (exact) mass is 496 g/mol. The van der Waals surface area contributed by atoms with Gasteiger partial charge in [0, 0.05) is 30.6 Å². The number of sulfonamides is 1. The van der Waals surface area contributed by atoms with E-state index in [2.05, 4.69) is 28.6 Å². The first-order valence-electron chi connectivity index (χ1n) is 10.4. The molecule has 1 aromatic carbocycles. The second-order valence-electron chi connectivity index (χ2n) is 8.46. The van der Waals surface area contributed by atoms with Crippen LogP contribution in [0.2, 0.25) is 0 Å². The highest BCUT2D eigenvalue weighted by Gasteiger charge is 2.35. The molecule has 3 rings (SSSR count). The summed E-state index contributed by atoms with van der Waals surface area (Å²) in [7, 11) is -6.21. The summed E-state index contributed by atoms with van der Waals surface area (Å²) in [6.45, 7) is 8.04. The smallest absolute Gasteiger partial charge is 0.348 e. The molecular formula is C21H29N4O6PS. The lowest BCUT2D eigenvalue weighted by atomic mass is 10.1. The Hall–Kier alpha value is -2.62. The Bertz CT molecular complexity index is 1350. The average Bonchev–Trinajstić information content (AvgIpc) is 2.71. The van der Waals surface area contributed by atoms with Crippen molar-refractivity contribution in [2.75, 3.05) is 23.4 Å². The molecule has 2 aromatic rings. The number of hydrogen-bond donors (Lipinski definition) is 3. The van der Waals surface area contributed by atoms with E-state index in [0.717, 1.165) is 12.7 Å². The number of amidine groups is 1. The first-order valence-corrected chi connectivity index (χ1v) is 13.8. The van der Waals surface area contributed by atoms with Crippen molar-refractivity contribution >= 4 is 40.1 Å². The molecule has 0 aliphatic carbocycles. The molecule has 1 aliphatic rings. The summed E-state index contributed by atoms with van der Waals surface area (Å²) in [5.41, 5.74) is 1.13. The van der Waals surface area contributed by atoms with Crippen LogP contribution in [0.25, 0.3) is 0 Å². The molecule has 0 saturated carbocycles. The summed E-state index contributed by atoms with van der Waals surface area (Å²) in [6.07, 6.45) is 1.77. The molecule has 1 unspecified atom stereocenters. The van der Waals surface area contributed by atoms with Crippen molar-refractivity contribution in [2.45, 2.75) is 40.7 Å². The molecule has 0 fully saturated rings. The van der Waals surface area contributed by atoms with E-state index in [0.29, 0.717) is 29.4 Å². The van der Waals surface area contributed by atoms with Gasteiger partial charge in [-0.2, -0.15) is 4.76 Å². The van der Waals surface area contributed by atoms with E-state index in [4.69, 9.17) is 4.52 Å². The van der Waals surface area contributed by atoms with E-state index in [9.17, 15) is 22.9 Å². The lowest BCUT2D eigenvalue weighted by Gasteiger charge is -2.26. The molecule has 0 amide bonds. The molecule has 180 valence electrons. The molecule has 1 aliphatic heterocycles. The SMILES string of the molecule is COP1(=O)N=C(c2c(O)c(C)c(C)n(CCC(C)C)c2=O)Nc2ccc(NS(C)(=O)=O)cc21. The topological polar surface area (TPSA) is 139 Å². The first kappa shape index (κ1) is 25.0. The summed E-state index contributed by atoms with van der Waals surface area (Å²) in [6, 6.07) is 4.37.